The number of hydrogen-bond acceptors (Lipinski definition) is 7. The summed E-state index contributed by atoms with van der Waals surface area (Å²) in [6, 6.07) is -0.761. The Morgan fingerprint density at radius 3 is 2.47 bits per heavy atom. The lowest BCUT2D eigenvalue weighted by molar-refractivity contribution is -0.145. The molecule has 1 aromatic heterocycles. The van der Waals surface area contributed by atoms with Gasteiger partial charge in [0.2, 0.25) is 11.7 Å². The van der Waals surface area contributed by atoms with Crippen LogP contribution in [0.25, 0.3) is 0 Å². The molecule has 2 amide bonds. The van der Waals surface area contributed by atoms with E-state index in [0.717, 1.165) is 25.1 Å². The van der Waals surface area contributed by atoms with Crippen molar-refractivity contribution in [2.24, 2.45) is 11.7 Å². The van der Waals surface area contributed by atoms with E-state index in [2.05, 4.69) is 15.3 Å². The van der Waals surface area contributed by atoms with Gasteiger partial charge >= 0.3 is 6.18 Å². The van der Waals surface area contributed by atoms with Crippen molar-refractivity contribution in [3.05, 3.63) is 28.9 Å². The molecule has 1 atom stereocenters. The van der Waals surface area contributed by atoms with Crippen molar-refractivity contribution in [2.75, 3.05) is 18.8 Å². The van der Waals surface area contributed by atoms with E-state index in [1.54, 1.807) is 11.8 Å². The van der Waals surface area contributed by atoms with Crippen LogP contribution in [0.4, 0.5) is 19.0 Å². The number of nitrogens with two attached hydrogens (primary N) is 2. The maximum Gasteiger partial charge on any atom is 0.451 e. The number of allylic oxidation sites excluding steroid dienone is 1. The summed E-state index contributed by atoms with van der Waals surface area (Å²) in [5, 5.41) is 9.44. The number of hydrogen-bond donors (Lipinski definition) is 4. The second-order valence-corrected chi connectivity index (χ2v) is 7.79. The third kappa shape index (κ3) is 6.41. The minimum absolute atomic E-state index is 0.153. The van der Waals surface area contributed by atoms with E-state index >= 15 is 0 Å². The first-order valence-corrected chi connectivity index (χ1v) is 10.2. The quantitative estimate of drug-likeness (QED) is 0.362. The number of carbonyl (C=O) groups excluding carboxylic acids is 2. The molecule has 1 aromatic rings. The van der Waals surface area contributed by atoms with Gasteiger partial charge in [-0.05, 0) is 51.5 Å². The number of aromatic nitrogens is 2. The Labute approximate surface area is 184 Å². The SMILES string of the molecule is Cc1nc(C(F)(F)F)nc(N)c1CCC1CCN(C(=O)[C@H](C)NC(=O)/C(N)=C/C=N)CC1. The zero-order valence-electron chi connectivity index (χ0n) is 18.0. The van der Waals surface area contributed by atoms with Crippen LogP contribution >= 0.6 is 0 Å². The third-order valence-electron chi connectivity index (χ3n) is 5.47. The molecule has 6 N–H and O–H groups in total. The minimum Gasteiger partial charge on any atom is -0.394 e. The molecule has 1 fully saturated rings. The summed E-state index contributed by atoms with van der Waals surface area (Å²) in [6.45, 7) is 4.07. The summed E-state index contributed by atoms with van der Waals surface area (Å²) in [4.78, 5) is 33.1. The van der Waals surface area contributed by atoms with Crippen molar-refractivity contribution in [1.82, 2.24) is 20.2 Å². The van der Waals surface area contributed by atoms with Gasteiger partial charge in [0.15, 0.2) is 0 Å². The molecule has 0 aliphatic carbocycles. The molecule has 0 radical (unpaired) electrons. The average Bonchev–Trinajstić information content (AvgIpc) is 2.72. The Morgan fingerprint density at radius 1 is 1.31 bits per heavy atom. The number of piperidine rings is 1. The van der Waals surface area contributed by atoms with E-state index in [1.165, 1.54) is 6.92 Å². The van der Waals surface area contributed by atoms with Crippen molar-refractivity contribution in [1.29, 1.82) is 5.41 Å². The molecule has 0 aromatic carbocycles. The predicted molar refractivity (Wildman–Crippen MR) is 112 cm³/mol. The molecule has 0 unspecified atom stereocenters. The normalized spacial score (nSPS) is 16.5. The molecule has 9 nitrogen and oxygen atoms in total. The Balaban J connectivity index is 1.87. The Hall–Kier alpha value is -3.18. The second-order valence-electron chi connectivity index (χ2n) is 7.79. The largest absolute Gasteiger partial charge is 0.451 e. The van der Waals surface area contributed by atoms with Gasteiger partial charge in [-0.25, -0.2) is 9.97 Å². The van der Waals surface area contributed by atoms with E-state index in [9.17, 15) is 22.8 Å². The molecule has 2 heterocycles. The summed E-state index contributed by atoms with van der Waals surface area (Å²) in [7, 11) is 0. The average molecular weight is 455 g/mol. The number of nitrogens with one attached hydrogen (secondary N) is 2. The number of carbonyl (C=O) groups is 2. The van der Waals surface area contributed by atoms with Crippen LogP contribution in [0.5, 0.6) is 0 Å². The number of alkyl halides is 3. The van der Waals surface area contributed by atoms with Gasteiger partial charge in [0, 0.05) is 30.6 Å². The fourth-order valence-corrected chi connectivity index (χ4v) is 3.63. The van der Waals surface area contributed by atoms with Gasteiger partial charge in [0.25, 0.3) is 5.91 Å². The van der Waals surface area contributed by atoms with Gasteiger partial charge in [-0.1, -0.05) is 0 Å². The van der Waals surface area contributed by atoms with Crippen molar-refractivity contribution >= 4 is 23.8 Å². The maximum absolute atomic E-state index is 12.8. The first-order chi connectivity index (χ1) is 14.9. The zero-order chi connectivity index (χ0) is 24.1. The van der Waals surface area contributed by atoms with Crippen LogP contribution in [0.1, 0.15) is 43.3 Å². The van der Waals surface area contributed by atoms with Crippen LogP contribution in [0.15, 0.2) is 11.8 Å². The first kappa shape index (κ1) is 25.1. The van der Waals surface area contributed by atoms with Crippen LogP contribution in [0.2, 0.25) is 0 Å². The summed E-state index contributed by atoms with van der Waals surface area (Å²) in [5.74, 6) is -1.96. The monoisotopic (exact) mass is 455 g/mol. The lowest BCUT2D eigenvalue weighted by Crippen LogP contribution is -2.50. The van der Waals surface area contributed by atoms with Gasteiger partial charge in [0.05, 0.1) is 5.70 Å². The molecule has 2 rings (SSSR count). The van der Waals surface area contributed by atoms with Gasteiger partial charge in [-0.15, -0.1) is 0 Å². The van der Waals surface area contributed by atoms with E-state index in [4.69, 9.17) is 16.9 Å². The summed E-state index contributed by atoms with van der Waals surface area (Å²) >= 11 is 0. The maximum atomic E-state index is 12.8. The van der Waals surface area contributed by atoms with Crippen LogP contribution in [-0.4, -0.2) is 52.0 Å². The molecule has 176 valence electrons. The highest BCUT2D eigenvalue weighted by Crippen LogP contribution is 2.30. The minimum atomic E-state index is -4.64. The van der Waals surface area contributed by atoms with E-state index in [0.29, 0.717) is 31.5 Å². The fourth-order valence-electron chi connectivity index (χ4n) is 3.63. The van der Waals surface area contributed by atoms with E-state index in [1.807, 2.05) is 0 Å². The Morgan fingerprint density at radius 2 is 1.94 bits per heavy atom. The van der Waals surface area contributed by atoms with Gasteiger partial charge < -0.3 is 27.1 Å². The number of amides is 2. The van der Waals surface area contributed by atoms with Crippen LogP contribution in [0, 0.1) is 18.3 Å². The molecule has 32 heavy (non-hydrogen) atoms. The molecule has 0 saturated carbocycles. The highest BCUT2D eigenvalue weighted by atomic mass is 19.4. The molecule has 0 spiro atoms. The van der Waals surface area contributed by atoms with Crippen LogP contribution < -0.4 is 16.8 Å². The van der Waals surface area contributed by atoms with E-state index < -0.39 is 23.9 Å². The standard InChI is InChI=1S/C20H28F3N7O2/c1-11-14(16(26)29-19(28-11)20(21,22)23)4-3-13-6-9-30(10-7-13)18(32)12(2)27-17(31)15(25)5-8-24/h5,8,12-13,24H,3-4,6-7,9-10,25H2,1-2H3,(H,27,31)(H2,26,28,29)/b15-5-,24-8?/t12-/m0/s1. The molecule has 12 heteroatoms. The lowest BCUT2D eigenvalue weighted by atomic mass is 9.90. The van der Waals surface area contributed by atoms with Crippen molar-refractivity contribution in [2.45, 2.75) is 51.7 Å². The van der Waals surface area contributed by atoms with Crippen molar-refractivity contribution in [3.8, 4) is 0 Å². The number of likely N-dealkylation sites (tertiary alicyclic amines) is 1. The molecular formula is C20H28F3N7O2. The Kier molecular flexibility index (Phi) is 8.17. The van der Waals surface area contributed by atoms with Crippen molar-refractivity contribution < 1.29 is 22.8 Å². The number of aryl methyl sites for hydroxylation is 1. The van der Waals surface area contributed by atoms with Gasteiger partial charge in [-0.3, -0.25) is 9.59 Å². The summed E-state index contributed by atoms with van der Waals surface area (Å²) in [5.41, 5.74) is 11.8. The summed E-state index contributed by atoms with van der Waals surface area (Å²) in [6.07, 6.45) is -0.0221. The number of rotatable bonds is 7. The molecular weight excluding hydrogens is 427 g/mol. The van der Waals surface area contributed by atoms with Crippen molar-refractivity contribution in [3.63, 3.8) is 0 Å². The second kappa shape index (κ2) is 10.4. The number of nitrogens with zero attached hydrogens (tertiary/aromatic N) is 3. The van der Waals surface area contributed by atoms with Gasteiger partial charge in [0.1, 0.15) is 11.9 Å². The molecule has 1 saturated heterocycles. The number of halogens is 3. The summed E-state index contributed by atoms with van der Waals surface area (Å²) < 4.78 is 38.4. The molecule has 1 aliphatic heterocycles. The highest BCUT2D eigenvalue weighted by Gasteiger charge is 2.36. The zero-order valence-corrected chi connectivity index (χ0v) is 18.0. The molecule has 0 bridgehead atoms. The van der Waals surface area contributed by atoms with Crippen LogP contribution in [0.3, 0.4) is 0 Å². The topological polar surface area (TPSA) is 151 Å². The Bertz CT molecular complexity index is 871. The number of nitrogen functional groups attached to an aromatic ring is 1. The third-order valence-corrected chi connectivity index (χ3v) is 5.47. The lowest BCUT2D eigenvalue weighted by Gasteiger charge is -2.34. The van der Waals surface area contributed by atoms with E-state index in [-0.39, 0.29) is 29.0 Å². The van der Waals surface area contributed by atoms with Crippen LogP contribution in [-0.2, 0) is 22.2 Å². The number of anilines is 1. The molecule has 1 aliphatic rings. The predicted octanol–water partition coefficient (Wildman–Crippen LogP) is 1.55. The first-order valence-electron chi connectivity index (χ1n) is 10.2. The smallest absolute Gasteiger partial charge is 0.394 e. The van der Waals surface area contributed by atoms with Gasteiger partial charge in [-0.2, -0.15) is 13.2 Å². The highest BCUT2D eigenvalue weighted by molar-refractivity contribution is 5.98. The fraction of sp³-hybridized carbons (Fsp3) is 0.550.